The van der Waals surface area contributed by atoms with Gasteiger partial charge >= 0.3 is 6.18 Å². The van der Waals surface area contributed by atoms with Crippen LogP contribution in [-0.2, 0) is 17.5 Å². The van der Waals surface area contributed by atoms with E-state index in [9.17, 15) is 26.7 Å². The van der Waals surface area contributed by atoms with E-state index in [0.29, 0.717) is 5.56 Å². The number of hydrogen-bond acceptors (Lipinski definition) is 3. The van der Waals surface area contributed by atoms with Crippen molar-refractivity contribution in [2.75, 3.05) is 6.67 Å². The number of imidazole rings is 1. The topological polar surface area (TPSA) is 59.3 Å². The molecule has 0 bridgehead atoms. The second-order valence-corrected chi connectivity index (χ2v) is 5.70. The zero-order chi connectivity index (χ0) is 20.3. The number of fused-ring (bicyclic) bond motifs is 1. The molecule has 1 aromatic carbocycles. The molecule has 3 rings (SSSR count). The largest absolute Gasteiger partial charge is 0.416 e. The van der Waals surface area contributed by atoms with Gasteiger partial charge in [0.05, 0.1) is 24.0 Å². The zero-order valence-corrected chi connectivity index (χ0v) is 14.2. The van der Waals surface area contributed by atoms with E-state index < -0.39 is 30.3 Å². The maximum Gasteiger partial charge on any atom is 0.416 e. The van der Waals surface area contributed by atoms with E-state index in [1.165, 1.54) is 18.3 Å². The summed E-state index contributed by atoms with van der Waals surface area (Å²) >= 11 is 0. The molecule has 1 N–H and O–H groups in total. The summed E-state index contributed by atoms with van der Waals surface area (Å²) in [4.78, 5) is 19.7. The van der Waals surface area contributed by atoms with Crippen LogP contribution in [0, 0.1) is 5.95 Å². The zero-order valence-electron chi connectivity index (χ0n) is 14.2. The SMILES string of the molecule is O=C(/C=C/CF)NCc1cn2c(F)cnc2c(-c2ccc(C(F)(F)F)cc2)n1. The predicted octanol–water partition coefficient (Wildman–Crippen LogP) is 3.70. The molecular weight excluding hydrogens is 383 g/mol. The first-order valence-corrected chi connectivity index (χ1v) is 8.00. The number of nitrogens with zero attached hydrogens (tertiary/aromatic N) is 3. The number of halogens is 5. The van der Waals surface area contributed by atoms with Gasteiger partial charge in [-0.15, -0.1) is 0 Å². The molecule has 0 aliphatic carbocycles. The monoisotopic (exact) mass is 396 g/mol. The maximum absolute atomic E-state index is 14.0. The molecule has 5 nitrogen and oxygen atoms in total. The minimum atomic E-state index is -4.49. The number of carbonyl (C=O) groups excluding carboxylic acids is 1. The minimum absolute atomic E-state index is 0.101. The average molecular weight is 396 g/mol. The summed E-state index contributed by atoms with van der Waals surface area (Å²) in [7, 11) is 0. The van der Waals surface area contributed by atoms with Gasteiger partial charge in [-0.25, -0.2) is 14.4 Å². The molecule has 0 spiro atoms. The van der Waals surface area contributed by atoms with Gasteiger partial charge < -0.3 is 5.32 Å². The van der Waals surface area contributed by atoms with Crippen LogP contribution in [0.1, 0.15) is 11.3 Å². The lowest BCUT2D eigenvalue weighted by Crippen LogP contribution is -2.21. The van der Waals surface area contributed by atoms with Crippen molar-refractivity contribution in [3.63, 3.8) is 0 Å². The highest BCUT2D eigenvalue weighted by Gasteiger charge is 2.30. The highest BCUT2D eigenvalue weighted by atomic mass is 19.4. The van der Waals surface area contributed by atoms with Crippen molar-refractivity contribution in [3.8, 4) is 11.3 Å². The number of nitrogens with one attached hydrogen (secondary N) is 1. The van der Waals surface area contributed by atoms with Gasteiger partial charge in [-0.3, -0.25) is 9.20 Å². The van der Waals surface area contributed by atoms with Crippen LogP contribution in [0.4, 0.5) is 22.0 Å². The molecule has 146 valence electrons. The smallest absolute Gasteiger partial charge is 0.347 e. The second-order valence-electron chi connectivity index (χ2n) is 5.70. The van der Waals surface area contributed by atoms with Crippen molar-refractivity contribution in [2.24, 2.45) is 0 Å². The van der Waals surface area contributed by atoms with Crippen LogP contribution in [0.3, 0.4) is 0 Å². The normalized spacial score (nSPS) is 12.0. The van der Waals surface area contributed by atoms with Crippen LogP contribution in [-0.4, -0.2) is 27.0 Å². The molecule has 0 aliphatic heterocycles. The second kappa shape index (κ2) is 7.75. The van der Waals surface area contributed by atoms with E-state index in [1.54, 1.807) is 0 Å². The summed E-state index contributed by atoms with van der Waals surface area (Å²) in [6.07, 6.45) is -0.191. The van der Waals surface area contributed by atoms with Crippen molar-refractivity contribution in [1.29, 1.82) is 0 Å². The van der Waals surface area contributed by atoms with E-state index >= 15 is 0 Å². The molecule has 0 fully saturated rings. The Labute approximate surface area is 155 Å². The Morgan fingerprint density at radius 1 is 1.21 bits per heavy atom. The van der Waals surface area contributed by atoms with Gasteiger partial charge in [0.1, 0.15) is 12.4 Å². The lowest BCUT2D eigenvalue weighted by atomic mass is 10.1. The first-order chi connectivity index (χ1) is 13.3. The Hall–Kier alpha value is -3.30. The van der Waals surface area contributed by atoms with Gasteiger partial charge in [-0.05, 0) is 18.2 Å². The van der Waals surface area contributed by atoms with Crippen molar-refractivity contribution < 1.29 is 26.7 Å². The van der Waals surface area contributed by atoms with E-state index in [2.05, 4.69) is 15.3 Å². The quantitative estimate of drug-likeness (QED) is 0.529. The van der Waals surface area contributed by atoms with Gasteiger partial charge in [0.2, 0.25) is 11.9 Å². The van der Waals surface area contributed by atoms with E-state index in [0.717, 1.165) is 34.9 Å². The summed E-state index contributed by atoms with van der Waals surface area (Å²) in [5.74, 6) is -1.27. The summed E-state index contributed by atoms with van der Waals surface area (Å²) in [5.41, 5.74) is -0.0198. The lowest BCUT2D eigenvalue weighted by Gasteiger charge is -2.10. The lowest BCUT2D eigenvalue weighted by molar-refractivity contribution is -0.137. The highest BCUT2D eigenvalue weighted by Crippen LogP contribution is 2.31. The number of amides is 1. The first-order valence-electron chi connectivity index (χ1n) is 8.00. The standard InChI is InChI=1S/C18H13F5N4O/c19-7-1-2-15(28)24-8-13-10-27-14(20)9-25-17(27)16(26-13)11-3-5-12(6-4-11)18(21,22)23/h1-6,9-10H,7-8H2,(H,24,28)/b2-1+. The summed E-state index contributed by atoms with van der Waals surface area (Å²) in [6.45, 7) is -0.896. The maximum atomic E-state index is 14.0. The number of rotatable bonds is 5. The molecule has 2 heterocycles. The summed E-state index contributed by atoms with van der Waals surface area (Å²) < 4.78 is 65.4. The Kier molecular flexibility index (Phi) is 5.39. The number of benzene rings is 1. The third-order valence-corrected chi connectivity index (χ3v) is 3.78. The molecule has 0 unspecified atom stereocenters. The van der Waals surface area contributed by atoms with Crippen LogP contribution >= 0.6 is 0 Å². The third-order valence-electron chi connectivity index (χ3n) is 3.78. The third kappa shape index (κ3) is 4.16. The fraction of sp³-hybridized carbons (Fsp3) is 0.167. The van der Waals surface area contributed by atoms with Gasteiger partial charge in [0, 0.05) is 17.8 Å². The molecule has 3 aromatic rings. The fourth-order valence-corrected chi connectivity index (χ4v) is 2.49. The number of aromatic nitrogens is 3. The predicted molar refractivity (Wildman–Crippen MR) is 90.3 cm³/mol. The van der Waals surface area contributed by atoms with Crippen LogP contribution in [0.25, 0.3) is 16.9 Å². The molecule has 2 aromatic heterocycles. The number of allylic oxidation sites excluding steroid dienone is 1. The number of carbonyl (C=O) groups is 1. The fourth-order valence-electron chi connectivity index (χ4n) is 2.49. The van der Waals surface area contributed by atoms with Crippen LogP contribution < -0.4 is 5.32 Å². The average Bonchev–Trinajstić information content (AvgIpc) is 3.04. The van der Waals surface area contributed by atoms with Gasteiger partial charge in [-0.2, -0.15) is 17.6 Å². The molecule has 0 aliphatic rings. The molecule has 10 heteroatoms. The van der Waals surface area contributed by atoms with E-state index in [4.69, 9.17) is 0 Å². The Morgan fingerprint density at radius 2 is 1.93 bits per heavy atom. The Bertz CT molecular complexity index is 1020. The molecule has 0 saturated heterocycles. The van der Waals surface area contributed by atoms with Gasteiger partial charge in [-0.1, -0.05) is 12.1 Å². The molecule has 0 radical (unpaired) electrons. The highest BCUT2D eigenvalue weighted by molar-refractivity contribution is 5.87. The number of hydrogen-bond donors (Lipinski definition) is 1. The first kappa shape index (κ1) is 19.5. The van der Waals surface area contributed by atoms with Crippen LogP contribution in [0.5, 0.6) is 0 Å². The van der Waals surface area contributed by atoms with Gasteiger partial charge in [0.25, 0.3) is 0 Å². The van der Waals surface area contributed by atoms with Gasteiger partial charge in [0.15, 0.2) is 5.65 Å². The van der Waals surface area contributed by atoms with Crippen molar-refractivity contribution in [2.45, 2.75) is 12.7 Å². The summed E-state index contributed by atoms with van der Waals surface area (Å²) in [5, 5.41) is 2.46. The molecule has 28 heavy (non-hydrogen) atoms. The minimum Gasteiger partial charge on any atom is -0.347 e. The Morgan fingerprint density at radius 3 is 2.57 bits per heavy atom. The van der Waals surface area contributed by atoms with Crippen molar-refractivity contribution in [3.05, 3.63) is 66.0 Å². The van der Waals surface area contributed by atoms with E-state index in [-0.39, 0.29) is 23.6 Å². The molecule has 0 saturated carbocycles. The molecule has 1 amide bonds. The summed E-state index contributed by atoms with van der Waals surface area (Å²) in [6, 6.07) is 4.21. The Balaban J connectivity index is 1.97. The van der Waals surface area contributed by atoms with Crippen LogP contribution in [0.2, 0.25) is 0 Å². The molecule has 0 atom stereocenters. The van der Waals surface area contributed by atoms with Crippen LogP contribution in [0.15, 0.2) is 48.8 Å². The van der Waals surface area contributed by atoms with Crippen molar-refractivity contribution >= 4 is 11.6 Å². The van der Waals surface area contributed by atoms with E-state index in [1.807, 2.05) is 0 Å². The molecular formula is C18H13F5N4O. The van der Waals surface area contributed by atoms with Crippen molar-refractivity contribution in [1.82, 2.24) is 19.7 Å². The number of alkyl halides is 4.